The lowest BCUT2D eigenvalue weighted by atomic mass is 10.0. The van der Waals surface area contributed by atoms with Gasteiger partial charge in [0.2, 0.25) is 0 Å². The second-order valence-electron chi connectivity index (χ2n) is 6.71. The molecule has 0 rings (SSSR count). The maximum atomic E-state index is 10.7. The first-order valence-corrected chi connectivity index (χ1v) is 8.54. The maximum absolute atomic E-state index is 10.7. The van der Waals surface area contributed by atoms with Crippen molar-refractivity contribution in [3.63, 3.8) is 0 Å². The van der Waals surface area contributed by atoms with E-state index in [-0.39, 0.29) is 6.10 Å². The standard InChI is InChI=1S/C21H34O2/c1-17(2)9-7-11-19(5)13-14-21(23-16-22)15-20(6)12-8-10-18(3)4/h9-10,13,15-16,21H,7-8,11-12,14H2,1-6H3. The predicted octanol–water partition coefficient (Wildman–Crippen LogP) is 6.30. The molecule has 0 spiro atoms. The second-order valence-corrected chi connectivity index (χ2v) is 6.71. The van der Waals surface area contributed by atoms with Crippen LogP contribution in [0.2, 0.25) is 0 Å². The number of carbonyl (C=O) groups excluding carboxylic acids is 1. The highest BCUT2D eigenvalue weighted by Crippen LogP contribution is 2.14. The lowest BCUT2D eigenvalue weighted by molar-refractivity contribution is -0.131. The smallest absolute Gasteiger partial charge is 0.293 e. The van der Waals surface area contributed by atoms with Gasteiger partial charge in [-0.25, -0.2) is 0 Å². The summed E-state index contributed by atoms with van der Waals surface area (Å²) < 4.78 is 5.20. The van der Waals surface area contributed by atoms with Gasteiger partial charge >= 0.3 is 0 Å². The van der Waals surface area contributed by atoms with Crippen LogP contribution in [0.3, 0.4) is 0 Å². The summed E-state index contributed by atoms with van der Waals surface area (Å²) in [5, 5.41) is 0. The molecule has 1 atom stereocenters. The van der Waals surface area contributed by atoms with E-state index < -0.39 is 0 Å². The summed E-state index contributed by atoms with van der Waals surface area (Å²) in [6.07, 6.45) is 13.5. The molecule has 0 saturated carbocycles. The van der Waals surface area contributed by atoms with Gasteiger partial charge < -0.3 is 4.74 Å². The zero-order valence-electron chi connectivity index (χ0n) is 15.8. The molecule has 2 heteroatoms. The van der Waals surface area contributed by atoms with Crippen molar-refractivity contribution in [2.75, 3.05) is 0 Å². The van der Waals surface area contributed by atoms with Crippen LogP contribution >= 0.6 is 0 Å². The Morgan fingerprint density at radius 2 is 1.35 bits per heavy atom. The SMILES string of the molecule is CC(C)=CCCC(C)=CCC(C=C(C)CCC=C(C)C)OC=O. The fourth-order valence-corrected chi connectivity index (χ4v) is 2.23. The summed E-state index contributed by atoms with van der Waals surface area (Å²) in [5.41, 5.74) is 5.31. The van der Waals surface area contributed by atoms with Crippen LogP contribution in [0, 0.1) is 0 Å². The fraction of sp³-hybridized carbons (Fsp3) is 0.571. The molecule has 23 heavy (non-hydrogen) atoms. The number of rotatable bonds is 11. The Bertz CT molecular complexity index is 456. The first kappa shape index (κ1) is 21.4. The third-order valence-corrected chi connectivity index (χ3v) is 3.58. The first-order chi connectivity index (χ1) is 10.8. The van der Waals surface area contributed by atoms with Gasteiger partial charge in [-0.1, -0.05) is 40.5 Å². The lowest BCUT2D eigenvalue weighted by Crippen LogP contribution is -2.08. The maximum Gasteiger partial charge on any atom is 0.293 e. The molecule has 0 N–H and O–H groups in total. The average Bonchev–Trinajstić information content (AvgIpc) is 2.44. The van der Waals surface area contributed by atoms with E-state index in [2.05, 4.69) is 65.8 Å². The normalized spacial score (nSPS) is 13.3. The molecule has 0 fully saturated rings. The summed E-state index contributed by atoms with van der Waals surface area (Å²) >= 11 is 0. The summed E-state index contributed by atoms with van der Waals surface area (Å²) in [5.74, 6) is 0. The van der Waals surface area contributed by atoms with Crippen molar-refractivity contribution in [3.05, 3.63) is 46.6 Å². The van der Waals surface area contributed by atoms with Crippen molar-refractivity contribution in [1.29, 1.82) is 0 Å². The predicted molar refractivity (Wildman–Crippen MR) is 100 cm³/mol. The molecule has 130 valence electrons. The van der Waals surface area contributed by atoms with Gasteiger partial charge in [0.1, 0.15) is 6.10 Å². The van der Waals surface area contributed by atoms with Crippen LogP contribution in [0.25, 0.3) is 0 Å². The van der Waals surface area contributed by atoms with Crippen LogP contribution < -0.4 is 0 Å². The minimum atomic E-state index is -0.155. The van der Waals surface area contributed by atoms with Gasteiger partial charge in [0, 0.05) is 6.42 Å². The molecular weight excluding hydrogens is 284 g/mol. The van der Waals surface area contributed by atoms with Crippen molar-refractivity contribution < 1.29 is 9.53 Å². The number of hydrogen-bond donors (Lipinski definition) is 0. The van der Waals surface area contributed by atoms with Crippen LogP contribution in [0.5, 0.6) is 0 Å². The minimum Gasteiger partial charge on any atom is -0.460 e. The van der Waals surface area contributed by atoms with Gasteiger partial charge in [-0.05, 0) is 73.3 Å². The zero-order chi connectivity index (χ0) is 17.7. The van der Waals surface area contributed by atoms with Crippen molar-refractivity contribution >= 4 is 6.47 Å². The third-order valence-electron chi connectivity index (χ3n) is 3.58. The molecule has 2 nitrogen and oxygen atoms in total. The summed E-state index contributed by atoms with van der Waals surface area (Å²) in [6, 6.07) is 0. The van der Waals surface area contributed by atoms with E-state index in [0.29, 0.717) is 6.47 Å². The number of ether oxygens (including phenoxy) is 1. The van der Waals surface area contributed by atoms with Crippen molar-refractivity contribution in [3.8, 4) is 0 Å². The second kappa shape index (κ2) is 12.9. The Kier molecular flexibility index (Phi) is 12.0. The third kappa shape index (κ3) is 13.8. The van der Waals surface area contributed by atoms with Crippen LogP contribution in [-0.2, 0) is 9.53 Å². The van der Waals surface area contributed by atoms with Crippen molar-refractivity contribution in [2.45, 2.75) is 79.8 Å². The largest absolute Gasteiger partial charge is 0.460 e. The quantitative estimate of drug-likeness (QED) is 0.330. The monoisotopic (exact) mass is 318 g/mol. The molecule has 0 aromatic carbocycles. The van der Waals surface area contributed by atoms with Crippen LogP contribution in [0.1, 0.15) is 73.6 Å². The Morgan fingerprint density at radius 1 is 0.826 bits per heavy atom. The molecule has 0 bridgehead atoms. The van der Waals surface area contributed by atoms with E-state index in [9.17, 15) is 4.79 Å². The minimum absolute atomic E-state index is 0.155. The summed E-state index contributed by atoms with van der Waals surface area (Å²) in [4.78, 5) is 10.7. The number of allylic oxidation sites excluding steroid dienone is 6. The summed E-state index contributed by atoms with van der Waals surface area (Å²) in [6.45, 7) is 13.3. The van der Waals surface area contributed by atoms with Gasteiger partial charge in [0.05, 0.1) is 0 Å². The zero-order valence-corrected chi connectivity index (χ0v) is 15.8. The van der Waals surface area contributed by atoms with Crippen LogP contribution in [0.15, 0.2) is 46.6 Å². The van der Waals surface area contributed by atoms with E-state index >= 15 is 0 Å². The van der Waals surface area contributed by atoms with E-state index in [1.54, 1.807) is 0 Å². The Hall–Kier alpha value is -1.57. The molecule has 0 aliphatic heterocycles. The van der Waals surface area contributed by atoms with E-state index in [1.165, 1.54) is 22.3 Å². The van der Waals surface area contributed by atoms with Gasteiger partial charge in [-0.2, -0.15) is 0 Å². The molecule has 0 aromatic rings. The van der Waals surface area contributed by atoms with Crippen LogP contribution in [-0.4, -0.2) is 12.6 Å². The highest BCUT2D eigenvalue weighted by atomic mass is 16.5. The average molecular weight is 319 g/mol. The molecule has 0 heterocycles. The molecule has 0 saturated heterocycles. The van der Waals surface area contributed by atoms with E-state index in [0.717, 1.165) is 32.1 Å². The van der Waals surface area contributed by atoms with Gasteiger partial charge in [-0.3, -0.25) is 4.79 Å². The Morgan fingerprint density at radius 3 is 1.83 bits per heavy atom. The molecule has 0 aliphatic carbocycles. The topological polar surface area (TPSA) is 26.3 Å². The lowest BCUT2D eigenvalue weighted by Gasteiger charge is -2.11. The van der Waals surface area contributed by atoms with Gasteiger partial charge in [0.25, 0.3) is 6.47 Å². The molecule has 0 aliphatic rings. The molecule has 0 aromatic heterocycles. The van der Waals surface area contributed by atoms with Crippen molar-refractivity contribution in [2.24, 2.45) is 0 Å². The van der Waals surface area contributed by atoms with Crippen molar-refractivity contribution in [1.82, 2.24) is 0 Å². The molecule has 0 radical (unpaired) electrons. The van der Waals surface area contributed by atoms with Crippen LogP contribution in [0.4, 0.5) is 0 Å². The molecular formula is C21H34O2. The molecule has 0 amide bonds. The van der Waals surface area contributed by atoms with E-state index in [4.69, 9.17) is 4.74 Å². The first-order valence-electron chi connectivity index (χ1n) is 8.54. The number of carbonyl (C=O) groups is 1. The van der Waals surface area contributed by atoms with E-state index in [1.807, 2.05) is 0 Å². The summed E-state index contributed by atoms with van der Waals surface area (Å²) in [7, 11) is 0. The highest BCUT2D eigenvalue weighted by Gasteiger charge is 2.05. The Balaban J connectivity index is 4.51. The van der Waals surface area contributed by atoms with Gasteiger partial charge in [0.15, 0.2) is 0 Å². The Labute approximate surface area is 143 Å². The van der Waals surface area contributed by atoms with Gasteiger partial charge in [-0.15, -0.1) is 0 Å². The molecule has 1 unspecified atom stereocenters. The number of hydrogen-bond acceptors (Lipinski definition) is 2. The highest BCUT2D eigenvalue weighted by molar-refractivity contribution is 5.38. The fourth-order valence-electron chi connectivity index (χ4n) is 2.23.